The molecule has 1 rings (SSSR count). The number of carbonyl (C=O) groups excluding carboxylic acids is 1. The second-order valence-electron chi connectivity index (χ2n) is 5.09. The van der Waals surface area contributed by atoms with E-state index in [0.29, 0.717) is 18.0 Å². The Morgan fingerprint density at radius 2 is 2.18 bits per heavy atom. The molecule has 0 saturated carbocycles. The van der Waals surface area contributed by atoms with Gasteiger partial charge in [0.05, 0.1) is 19.3 Å². The summed E-state index contributed by atoms with van der Waals surface area (Å²) in [5, 5.41) is 4.11. The van der Waals surface area contributed by atoms with E-state index in [1.807, 2.05) is 27.7 Å². The third-order valence-corrected chi connectivity index (χ3v) is 2.77. The summed E-state index contributed by atoms with van der Waals surface area (Å²) >= 11 is 0. The number of nitrogens with two attached hydrogens (primary N) is 1. The Bertz CT molecular complexity index is 383. The highest BCUT2D eigenvalue weighted by molar-refractivity contribution is 6.01. The topological polar surface area (TPSA) is 70.1 Å². The van der Waals surface area contributed by atoms with Gasteiger partial charge < -0.3 is 10.5 Å². The van der Waals surface area contributed by atoms with Crippen molar-refractivity contribution in [3.63, 3.8) is 0 Å². The van der Waals surface area contributed by atoms with Crippen molar-refractivity contribution < 1.29 is 9.53 Å². The lowest BCUT2D eigenvalue weighted by Crippen LogP contribution is -2.43. The van der Waals surface area contributed by atoms with Gasteiger partial charge in [-0.1, -0.05) is 20.8 Å². The second-order valence-corrected chi connectivity index (χ2v) is 5.09. The zero-order valence-electron chi connectivity index (χ0n) is 11.2. The van der Waals surface area contributed by atoms with E-state index in [0.717, 1.165) is 0 Å². The molecule has 0 bridgehead atoms. The highest BCUT2D eigenvalue weighted by Crippen LogP contribution is 2.25. The molecule has 1 atom stereocenters. The van der Waals surface area contributed by atoms with E-state index in [9.17, 15) is 4.79 Å². The quantitative estimate of drug-likeness (QED) is 0.808. The Labute approximate surface area is 102 Å². The van der Waals surface area contributed by atoms with Crippen LogP contribution in [0.4, 0.5) is 0 Å². The van der Waals surface area contributed by atoms with Gasteiger partial charge in [0.2, 0.25) is 5.78 Å². The molecule has 0 aromatic carbocycles. The number of aryl methyl sites for hydroxylation is 1. The summed E-state index contributed by atoms with van der Waals surface area (Å²) in [4.78, 5) is 12.3. The number of Topliss-reactive ketones (excluding diaryl/α,β-unsaturated/α-hetero) is 1. The molecule has 2 N–H and O–H groups in total. The van der Waals surface area contributed by atoms with Crippen LogP contribution in [0, 0.1) is 5.41 Å². The maximum absolute atomic E-state index is 12.3. The number of aromatic nitrogens is 2. The van der Waals surface area contributed by atoms with Crippen LogP contribution in [0.1, 0.15) is 38.2 Å². The highest BCUT2D eigenvalue weighted by atomic mass is 16.5. The van der Waals surface area contributed by atoms with Gasteiger partial charge in [-0.3, -0.25) is 9.48 Å². The predicted octanol–water partition coefficient (Wildman–Crippen LogP) is 1.47. The van der Waals surface area contributed by atoms with Crippen LogP contribution in [0.5, 0.6) is 5.75 Å². The van der Waals surface area contributed by atoms with E-state index >= 15 is 0 Å². The van der Waals surface area contributed by atoms with Crippen LogP contribution in [-0.2, 0) is 6.54 Å². The lowest BCUT2D eigenvalue weighted by atomic mass is 9.84. The molecule has 96 valence electrons. The number of hydrogen-bond donors (Lipinski definition) is 1. The summed E-state index contributed by atoms with van der Waals surface area (Å²) < 4.78 is 6.77. The number of rotatable bonds is 4. The van der Waals surface area contributed by atoms with Gasteiger partial charge in [0, 0.05) is 6.54 Å². The van der Waals surface area contributed by atoms with Crippen molar-refractivity contribution in [1.29, 1.82) is 0 Å². The van der Waals surface area contributed by atoms with Crippen molar-refractivity contribution in [1.82, 2.24) is 9.78 Å². The summed E-state index contributed by atoms with van der Waals surface area (Å²) in [6, 6.07) is -0.571. The minimum Gasteiger partial charge on any atom is -0.493 e. The van der Waals surface area contributed by atoms with Gasteiger partial charge in [-0.25, -0.2) is 0 Å². The predicted molar refractivity (Wildman–Crippen MR) is 66.2 cm³/mol. The summed E-state index contributed by atoms with van der Waals surface area (Å²) in [7, 11) is 1.52. The largest absolute Gasteiger partial charge is 0.493 e. The van der Waals surface area contributed by atoms with E-state index < -0.39 is 6.04 Å². The first-order valence-electron chi connectivity index (χ1n) is 5.72. The fraction of sp³-hybridized carbons (Fsp3) is 0.667. The van der Waals surface area contributed by atoms with Gasteiger partial charge in [0.15, 0.2) is 5.75 Å². The van der Waals surface area contributed by atoms with Gasteiger partial charge in [0.25, 0.3) is 0 Å². The lowest BCUT2D eigenvalue weighted by Gasteiger charge is -2.25. The molecular weight excluding hydrogens is 218 g/mol. The van der Waals surface area contributed by atoms with Crippen molar-refractivity contribution in [2.45, 2.75) is 40.3 Å². The molecule has 0 saturated heterocycles. The molecular formula is C12H21N3O2. The number of methoxy groups -OCH3 is 1. The van der Waals surface area contributed by atoms with Gasteiger partial charge in [0.1, 0.15) is 5.69 Å². The van der Waals surface area contributed by atoms with Crippen LogP contribution in [0.3, 0.4) is 0 Å². The van der Waals surface area contributed by atoms with Crippen molar-refractivity contribution in [3.05, 3.63) is 11.9 Å². The maximum atomic E-state index is 12.3. The Morgan fingerprint density at radius 1 is 1.59 bits per heavy atom. The van der Waals surface area contributed by atoms with Gasteiger partial charge in [-0.2, -0.15) is 5.10 Å². The molecule has 1 unspecified atom stereocenters. The summed E-state index contributed by atoms with van der Waals surface area (Å²) in [6.07, 6.45) is 1.55. The zero-order valence-corrected chi connectivity index (χ0v) is 11.2. The van der Waals surface area contributed by atoms with Crippen LogP contribution in [0.2, 0.25) is 0 Å². The van der Waals surface area contributed by atoms with Crippen molar-refractivity contribution in [2.75, 3.05) is 7.11 Å². The number of nitrogens with zero attached hydrogens (tertiary/aromatic N) is 2. The van der Waals surface area contributed by atoms with Gasteiger partial charge in [-0.15, -0.1) is 0 Å². The molecule has 0 radical (unpaired) electrons. The molecule has 0 aliphatic rings. The first-order chi connectivity index (χ1) is 7.82. The monoisotopic (exact) mass is 239 g/mol. The number of hydrogen-bond acceptors (Lipinski definition) is 4. The van der Waals surface area contributed by atoms with Crippen molar-refractivity contribution in [2.24, 2.45) is 11.1 Å². The van der Waals surface area contributed by atoms with Crippen LogP contribution in [0.15, 0.2) is 6.20 Å². The first kappa shape index (κ1) is 13.7. The smallest absolute Gasteiger partial charge is 0.201 e. The summed E-state index contributed by atoms with van der Waals surface area (Å²) in [5.41, 5.74) is 6.16. The number of ether oxygens (including phenoxy) is 1. The molecule has 0 aliphatic heterocycles. The van der Waals surface area contributed by atoms with E-state index in [-0.39, 0.29) is 11.2 Å². The summed E-state index contributed by atoms with van der Waals surface area (Å²) in [6.45, 7) is 8.35. The maximum Gasteiger partial charge on any atom is 0.201 e. The average Bonchev–Trinajstić information content (AvgIpc) is 2.68. The van der Waals surface area contributed by atoms with Gasteiger partial charge in [-0.05, 0) is 12.3 Å². The Morgan fingerprint density at radius 3 is 2.59 bits per heavy atom. The van der Waals surface area contributed by atoms with Crippen molar-refractivity contribution in [3.8, 4) is 5.75 Å². The van der Waals surface area contributed by atoms with E-state index in [1.165, 1.54) is 7.11 Å². The van der Waals surface area contributed by atoms with E-state index in [1.54, 1.807) is 10.9 Å². The second kappa shape index (κ2) is 4.87. The Balaban J connectivity index is 3.15. The SMILES string of the molecule is CCn1ncc(OC)c1C(=O)C(N)C(C)(C)C. The number of ketones is 1. The van der Waals surface area contributed by atoms with Crippen LogP contribution in [-0.4, -0.2) is 28.7 Å². The fourth-order valence-corrected chi connectivity index (χ4v) is 1.55. The lowest BCUT2D eigenvalue weighted by molar-refractivity contribution is 0.0887. The molecule has 5 heteroatoms. The number of carbonyl (C=O) groups is 1. The molecule has 0 amide bonds. The normalized spacial score (nSPS) is 13.5. The molecule has 0 fully saturated rings. The highest BCUT2D eigenvalue weighted by Gasteiger charge is 2.32. The minimum absolute atomic E-state index is 0.131. The summed E-state index contributed by atoms with van der Waals surface area (Å²) in [5.74, 6) is 0.352. The van der Waals surface area contributed by atoms with Gasteiger partial charge >= 0.3 is 0 Å². The standard InChI is InChI=1S/C12H21N3O2/c1-6-15-9(8(17-5)7-14-15)10(16)11(13)12(2,3)4/h7,11H,6,13H2,1-5H3. The van der Waals surface area contributed by atoms with Crippen LogP contribution >= 0.6 is 0 Å². The molecule has 0 spiro atoms. The van der Waals surface area contributed by atoms with E-state index in [4.69, 9.17) is 10.5 Å². The third-order valence-electron chi connectivity index (χ3n) is 2.77. The molecule has 5 nitrogen and oxygen atoms in total. The first-order valence-corrected chi connectivity index (χ1v) is 5.72. The van der Waals surface area contributed by atoms with Crippen LogP contribution in [0.25, 0.3) is 0 Å². The fourth-order valence-electron chi connectivity index (χ4n) is 1.55. The average molecular weight is 239 g/mol. The molecule has 1 aromatic rings. The Hall–Kier alpha value is -1.36. The molecule has 0 aliphatic carbocycles. The zero-order chi connectivity index (χ0) is 13.2. The van der Waals surface area contributed by atoms with E-state index in [2.05, 4.69) is 5.10 Å². The molecule has 1 heterocycles. The van der Waals surface area contributed by atoms with Crippen molar-refractivity contribution >= 4 is 5.78 Å². The molecule has 17 heavy (non-hydrogen) atoms. The Kier molecular flexibility index (Phi) is 3.93. The minimum atomic E-state index is -0.571. The molecule has 1 aromatic heterocycles. The van der Waals surface area contributed by atoms with Crippen LogP contribution < -0.4 is 10.5 Å². The third kappa shape index (κ3) is 2.66.